The third kappa shape index (κ3) is 3.89. The van der Waals surface area contributed by atoms with E-state index in [4.69, 9.17) is 0 Å². The van der Waals surface area contributed by atoms with Crippen molar-refractivity contribution in [3.63, 3.8) is 0 Å². The van der Waals surface area contributed by atoms with Gasteiger partial charge in [0.1, 0.15) is 0 Å². The van der Waals surface area contributed by atoms with Crippen molar-refractivity contribution in [2.24, 2.45) is 5.92 Å². The van der Waals surface area contributed by atoms with Crippen LogP contribution in [0.15, 0.2) is 0 Å². The molecule has 1 amide bonds. The molecule has 1 saturated carbocycles. The van der Waals surface area contributed by atoms with Crippen molar-refractivity contribution < 1.29 is 4.79 Å². The molecule has 104 valence electrons. The van der Waals surface area contributed by atoms with Crippen molar-refractivity contribution >= 4 is 17.7 Å². The van der Waals surface area contributed by atoms with Crippen LogP contribution in [-0.4, -0.2) is 47.5 Å². The first-order valence-corrected chi connectivity index (χ1v) is 8.44. The molecule has 2 fully saturated rings. The normalized spacial score (nSPS) is 31.9. The van der Waals surface area contributed by atoms with Gasteiger partial charge in [0.15, 0.2) is 0 Å². The molecule has 1 N–H and O–H groups in total. The Morgan fingerprint density at radius 3 is 2.44 bits per heavy atom. The summed E-state index contributed by atoms with van der Waals surface area (Å²) in [5.74, 6) is 3.41. The summed E-state index contributed by atoms with van der Waals surface area (Å²) in [5, 5.41) is 3.25. The lowest BCUT2D eigenvalue weighted by atomic mass is 9.87. The summed E-state index contributed by atoms with van der Waals surface area (Å²) in [7, 11) is 0. The Labute approximate surface area is 115 Å². The smallest absolute Gasteiger partial charge is 0.237 e. The molecule has 3 nitrogen and oxygen atoms in total. The quantitative estimate of drug-likeness (QED) is 0.852. The fourth-order valence-corrected chi connectivity index (χ4v) is 3.79. The number of nitrogens with one attached hydrogen (secondary N) is 1. The highest BCUT2D eigenvalue weighted by atomic mass is 32.2. The SMILES string of the molecule is CC1CCC(NC(=O)C(C)N2CCSCC2)CC1. The van der Waals surface area contributed by atoms with Gasteiger partial charge in [-0.15, -0.1) is 0 Å². The number of carbonyl (C=O) groups excluding carboxylic acids is 1. The van der Waals surface area contributed by atoms with Crippen LogP contribution in [0.2, 0.25) is 0 Å². The van der Waals surface area contributed by atoms with Crippen molar-refractivity contribution in [2.45, 2.75) is 51.6 Å². The van der Waals surface area contributed by atoms with E-state index in [2.05, 4.69) is 24.1 Å². The van der Waals surface area contributed by atoms with E-state index in [-0.39, 0.29) is 11.9 Å². The first-order chi connectivity index (χ1) is 8.66. The summed E-state index contributed by atoms with van der Waals surface area (Å²) in [6.07, 6.45) is 4.85. The van der Waals surface area contributed by atoms with Crippen LogP contribution in [0, 0.1) is 5.92 Å². The van der Waals surface area contributed by atoms with Crippen molar-refractivity contribution in [3.8, 4) is 0 Å². The minimum absolute atomic E-state index is 0.0465. The van der Waals surface area contributed by atoms with Crippen LogP contribution in [0.5, 0.6) is 0 Å². The molecule has 0 radical (unpaired) electrons. The number of amides is 1. The van der Waals surface area contributed by atoms with Gasteiger partial charge >= 0.3 is 0 Å². The lowest BCUT2D eigenvalue weighted by Crippen LogP contribution is -2.51. The van der Waals surface area contributed by atoms with Gasteiger partial charge in [0.25, 0.3) is 0 Å². The lowest BCUT2D eigenvalue weighted by molar-refractivity contribution is -0.126. The number of nitrogens with zero attached hydrogens (tertiary/aromatic N) is 1. The summed E-state index contributed by atoms with van der Waals surface area (Å²) in [5.41, 5.74) is 0. The van der Waals surface area contributed by atoms with Crippen LogP contribution in [0.1, 0.15) is 39.5 Å². The van der Waals surface area contributed by atoms with Gasteiger partial charge in [-0.1, -0.05) is 6.92 Å². The topological polar surface area (TPSA) is 32.3 Å². The monoisotopic (exact) mass is 270 g/mol. The van der Waals surface area contributed by atoms with Gasteiger partial charge in [0, 0.05) is 30.6 Å². The predicted molar refractivity (Wildman–Crippen MR) is 77.9 cm³/mol. The second-order valence-electron chi connectivity index (χ2n) is 5.79. The van der Waals surface area contributed by atoms with Gasteiger partial charge in [0.2, 0.25) is 5.91 Å². The van der Waals surface area contributed by atoms with Crippen LogP contribution < -0.4 is 5.32 Å². The second kappa shape index (κ2) is 6.80. The second-order valence-corrected chi connectivity index (χ2v) is 7.01. The van der Waals surface area contributed by atoms with Crippen LogP contribution in [0.25, 0.3) is 0 Å². The molecule has 2 aliphatic rings. The molecule has 1 atom stereocenters. The lowest BCUT2D eigenvalue weighted by Gasteiger charge is -2.33. The molecule has 1 heterocycles. The van der Waals surface area contributed by atoms with Crippen LogP contribution in [-0.2, 0) is 4.79 Å². The van der Waals surface area contributed by atoms with Crippen LogP contribution in [0.3, 0.4) is 0 Å². The Morgan fingerprint density at radius 1 is 1.22 bits per heavy atom. The molecule has 1 saturated heterocycles. The molecule has 0 spiro atoms. The van der Waals surface area contributed by atoms with E-state index in [0.717, 1.165) is 31.8 Å². The molecule has 0 bridgehead atoms. The summed E-state index contributed by atoms with van der Waals surface area (Å²) in [4.78, 5) is 14.5. The molecule has 2 rings (SSSR count). The predicted octanol–water partition coefficient (Wildman–Crippen LogP) is 2.12. The zero-order valence-electron chi connectivity index (χ0n) is 11.7. The first kappa shape index (κ1) is 14.2. The third-order valence-corrected chi connectivity index (χ3v) is 5.28. The fourth-order valence-electron chi connectivity index (χ4n) is 2.86. The average molecular weight is 270 g/mol. The van der Waals surface area contributed by atoms with E-state index in [1.54, 1.807) is 0 Å². The largest absolute Gasteiger partial charge is 0.352 e. The molecule has 1 aliphatic carbocycles. The van der Waals surface area contributed by atoms with E-state index < -0.39 is 0 Å². The molecule has 18 heavy (non-hydrogen) atoms. The fraction of sp³-hybridized carbons (Fsp3) is 0.929. The van der Waals surface area contributed by atoms with Crippen molar-refractivity contribution in [3.05, 3.63) is 0 Å². The summed E-state index contributed by atoms with van der Waals surface area (Å²) in [6, 6.07) is 0.473. The Balaban J connectivity index is 1.76. The van der Waals surface area contributed by atoms with E-state index in [1.807, 2.05) is 11.8 Å². The third-order valence-electron chi connectivity index (χ3n) is 4.34. The number of rotatable bonds is 3. The standard InChI is InChI=1S/C14H26N2OS/c1-11-3-5-13(6-4-11)15-14(17)12(2)16-7-9-18-10-8-16/h11-13H,3-10H2,1-2H3,(H,15,17). The Hall–Kier alpha value is -0.220. The Bertz CT molecular complexity index is 271. The van der Waals surface area contributed by atoms with Gasteiger partial charge < -0.3 is 5.32 Å². The summed E-state index contributed by atoms with van der Waals surface area (Å²) in [6.45, 7) is 6.48. The molecule has 0 aromatic carbocycles. The van der Waals surface area contributed by atoms with Gasteiger partial charge in [-0.3, -0.25) is 9.69 Å². The summed E-state index contributed by atoms with van der Waals surface area (Å²) >= 11 is 1.99. The number of thioether (sulfide) groups is 1. The number of carbonyl (C=O) groups is 1. The van der Waals surface area contributed by atoms with Gasteiger partial charge in [-0.05, 0) is 38.5 Å². The first-order valence-electron chi connectivity index (χ1n) is 7.29. The Morgan fingerprint density at radius 2 is 1.83 bits per heavy atom. The zero-order valence-corrected chi connectivity index (χ0v) is 12.5. The molecule has 1 unspecified atom stereocenters. The highest BCUT2D eigenvalue weighted by Crippen LogP contribution is 2.23. The van der Waals surface area contributed by atoms with Crippen molar-refractivity contribution in [2.75, 3.05) is 24.6 Å². The highest BCUT2D eigenvalue weighted by Gasteiger charge is 2.26. The maximum absolute atomic E-state index is 12.2. The molecule has 0 aromatic rings. The van der Waals surface area contributed by atoms with E-state index in [1.165, 1.54) is 24.3 Å². The minimum atomic E-state index is 0.0465. The zero-order chi connectivity index (χ0) is 13.0. The van der Waals surface area contributed by atoms with E-state index >= 15 is 0 Å². The maximum atomic E-state index is 12.2. The van der Waals surface area contributed by atoms with E-state index in [9.17, 15) is 4.79 Å². The summed E-state index contributed by atoms with van der Waals surface area (Å²) < 4.78 is 0. The van der Waals surface area contributed by atoms with Crippen LogP contribution >= 0.6 is 11.8 Å². The van der Waals surface area contributed by atoms with E-state index in [0.29, 0.717) is 6.04 Å². The minimum Gasteiger partial charge on any atom is -0.352 e. The van der Waals surface area contributed by atoms with Gasteiger partial charge in [-0.2, -0.15) is 11.8 Å². The molecular weight excluding hydrogens is 244 g/mol. The maximum Gasteiger partial charge on any atom is 0.237 e. The van der Waals surface area contributed by atoms with Gasteiger partial charge in [-0.25, -0.2) is 0 Å². The van der Waals surface area contributed by atoms with Crippen molar-refractivity contribution in [1.29, 1.82) is 0 Å². The Kier molecular flexibility index (Phi) is 5.37. The average Bonchev–Trinajstić information content (AvgIpc) is 2.41. The molecule has 4 heteroatoms. The van der Waals surface area contributed by atoms with Crippen molar-refractivity contribution in [1.82, 2.24) is 10.2 Å². The molecule has 1 aliphatic heterocycles. The number of hydrogen-bond donors (Lipinski definition) is 1. The number of hydrogen-bond acceptors (Lipinski definition) is 3. The molecular formula is C14H26N2OS. The molecule has 0 aromatic heterocycles. The highest BCUT2D eigenvalue weighted by molar-refractivity contribution is 7.99. The van der Waals surface area contributed by atoms with Gasteiger partial charge in [0.05, 0.1) is 6.04 Å². The van der Waals surface area contributed by atoms with Crippen LogP contribution in [0.4, 0.5) is 0 Å².